The van der Waals surface area contributed by atoms with Gasteiger partial charge in [0, 0.05) is 88.0 Å². The van der Waals surface area contributed by atoms with Gasteiger partial charge in [0.05, 0.1) is 47.7 Å². The van der Waals surface area contributed by atoms with E-state index in [-0.39, 0.29) is 73.3 Å². The van der Waals surface area contributed by atoms with Crippen molar-refractivity contribution in [1.29, 1.82) is 0 Å². The normalized spacial score (nSPS) is 17.1. The summed E-state index contributed by atoms with van der Waals surface area (Å²) in [5, 5.41) is 5.76. The molecular formula is C59H66N6O9. The van der Waals surface area contributed by atoms with Crippen molar-refractivity contribution in [3.05, 3.63) is 130 Å². The van der Waals surface area contributed by atoms with Crippen LogP contribution in [-0.4, -0.2) is 87.6 Å². The predicted octanol–water partition coefficient (Wildman–Crippen LogP) is 8.78. The lowest BCUT2D eigenvalue weighted by atomic mass is 9.99. The Bertz CT molecular complexity index is 3030. The number of anilines is 5. The molecule has 386 valence electrons. The van der Waals surface area contributed by atoms with Crippen LogP contribution >= 0.6 is 0 Å². The van der Waals surface area contributed by atoms with Crippen molar-refractivity contribution < 1.29 is 43.0 Å². The summed E-state index contributed by atoms with van der Waals surface area (Å²) in [6.07, 6.45) is 3.70. The Morgan fingerprint density at radius 1 is 0.676 bits per heavy atom. The molecule has 5 aromatic rings. The standard InChI is InChI=1S/C59H66N6O9/c1-8-45(66)17-11-14-20-56(68)60-37(4)52(67)22-36(3)57(69)61-42-24-38(33-73-53-29-50-46(21-35(53)2)58(70)64-43(31-62(50)5)26-40-15-9-12-18-48(40)64)23-39(25-42)34-74-55-30-51-47(28-54(55)72-7)59(71)65-44(32-63(51)6)27-41-16-10-13-19-49(41)65/h9-10,12-13,15-16,18-19,21,23-25,28-30,36-37,43-44H,8,11,14,17,20,22,26-27,31-34H2,1-7H3,(H,60,68)(H,61,69)/t36-,37-,43+,44+/m1/s1. The van der Waals surface area contributed by atoms with Gasteiger partial charge in [-0.25, -0.2) is 0 Å². The molecule has 0 aromatic heterocycles. The summed E-state index contributed by atoms with van der Waals surface area (Å²) < 4.78 is 19.0. The van der Waals surface area contributed by atoms with Gasteiger partial charge in [0.1, 0.15) is 24.7 Å². The third-order valence-electron chi connectivity index (χ3n) is 14.8. The summed E-state index contributed by atoms with van der Waals surface area (Å²) in [5.41, 5.74) is 9.47. The topological polar surface area (TPSA) is 167 Å². The number of nitrogens with one attached hydrogen (secondary N) is 2. The fourth-order valence-corrected chi connectivity index (χ4v) is 10.8. The number of aryl methyl sites for hydroxylation is 1. The smallest absolute Gasteiger partial charge is 0.260 e. The molecule has 0 saturated carbocycles. The highest BCUT2D eigenvalue weighted by Gasteiger charge is 2.41. The Morgan fingerprint density at radius 2 is 1.22 bits per heavy atom. The fraction of sp³-hybridized carbons (Fsp3) is 0.390. The summed E-state index contributed by atoms with van der Waals surface area (Å²) in [5.74, 6) is -0.228. The van der Waals surface area contributed by atoms with E-state index in [4.69, 9.17) is 14.2 Å². The van der Waals surface area contributed by atoms with Crippen LogP contribution in [0, 0.1) is 12.8 Å². The molecule has 0 bridgehead atoms. The lowest BCUT2D eigenvalue weighted by Gasteiger charge is -2.25. The minimum atomic E-state index is -0.792. The lowest BCUT2D eigenvalue weighted by molar-refractivity contribution is -0.129. The number of rotatable bonds is 19. The van der Waals surface area contributed by atoms with Crippen molar-refractivity contribution in [2.24, 2.45) is 5.92 Å². The van der Waals surface area contributed by atoms with E-state index in [1.54, 1.807) is 27.0 Å². The van der Waals surface area contributed by atoms with E-state index in [1.807, 2.05) is 111 Å². The monoisotopic (exact) mass is 1000 g/mol. The van der Waals surface area contributed by atoms with Crippen LogP contribution < -0.4 is 44.4 Å². The van der Waals surface area contributed by atoms with Crippen LogP contribution in [0.15, 0.2) is 91.0 Å². The fourth-order valence-electron chi connectivity index (χ4n) is 10.8. The molecule has 4 aliphatic heterocycles. The van der Waals surface area contributed by atoms with E-state index in [9.17, 15) is 28.8 Å². The number of nitrogens with zero attached hydrogens (tertiary/aromatic N) is 4. The first-order valence-electron chi connectivity index (χ1n) is 25.8. The van der Waals surface area contributed by atoms with E-state index in [0.717, 1.165) is 52.3 Å². The average molecular weight is 1000 g/mol. The second-order valence-electron chi connectivity index (χ2n) is 20.3. The summed E-state index contributed by atoms with van der Waals surface area (Å²) in [4.78, 5) is 87.9. The number of para-hydroxylation sites is 2. The van der Waals surface area contributed by atoms with E-state index in [0.29, 0.717) is 78.4 Å². The zero-order valence-electron chi connectivity index (χ0n) is 43.4. The minimum absolute atomic E-state index is 0.000477. The summed E-state index contributed by atoms with van der Waals surface area (Å²) >= 11 is 0. The molecule has 4 aliphatic rings. The molecule has 15 nitrogen and oxygen atoms in total. The number of Topliss-reactive ketones (excluding diaryl/α,β-unsaturated/α-hetero) is 2. The molecule has 0 fully saturated rings. The number of ether oxygens (including phenoxy) is 3. The van der Waals surface area contributed by atoms with Gasteiger partial charge in [-0.15, -0.1) is 0 Å². The van der Waals surface area contributed by atoms with Crippen LogP contribution in [0.4, 0.5) is 28.4 Å². The minimum Gasteiger partial charge on any atom is -0.493 e. The van der Waals surface area contributed by atoms with E-state index in [2.05, 4.69) is 32.6 Å². The van der Waals surface area contributed by atoms with Crippen LogP contribution in [0.3, 0.4) is 0 Å². The van der Waals surface area contributed by atoms with Crippen LogP contribution in [0.25, 0.3) is 0 Å². The van der Waals surface area contributed by atoms with Gasteiger partial charge >= 0.3 is 0 Å². The van der Waals surface area contributed by atoms with Crippen LogP contribution in [0.5, 0.6) is 17.2 Å². The van der Waals surface area contributed by atoms with Crippen molar-refractivity contribution in [2.45, 2.75) is 110 Å². The molecule has 0 spiro atoms. The van der Waals surface area contributed by atoms with Gasteiger partial charge in [-0.05, 0) is 110 Å². The highest BCUT2D eigenvalue weighted by molar-refractivity contribution is 6.13. The average Bonchev–Trinajstić information content (AvgIpc) is 3.90. The zero-order valence-corrected chi connectivity index (χ0v) is 43.4. The van der Waals surface area contributed by atoms with Crippen molar-refractivity contribution in [3.8, 4) is 17.2 Å². The number of benzene rings is 5. The van der Waals surface area contributed by atoms with Crippen LogP contribution in [0.2, 0.25) is 0 Å². The number of hydrogen-bond acceptors (Lipinski definition) is 11. The zero-order chi connectivity index (χ0) is 52.4. The second kappa shape index (κ2) is 21.8. The van der Waals surface area contributed by atoms with Crippen LogP contribution in [-0.2, 0) is 45.2 Å². The number of likely N-dealkylation sites (N-methyl/N-ethyl adjacent to an activating group) is 2. The van der Waals surface area contributed by atoms with E-state index >= 15 is 0 Å². The predicted molar refractivity (Wildman–Crippen MR) is 286 cm³/mol. The van der Waals surface area contributed by atoms with E-state index in [1.165, 1.54) is 5.56 Å². The Hall–Kier alpha value is -7.68. The van der Waals surface area contributed by atoms with Gasteiger partial charge in [0.25, 0.3) is 11.8 Å². The quantitative estimate of drug-likeness (QED) is 0.0760. The molecule has 5 aromatic carbocycles. The molecule has 74 heavy (non-hydrogen) atoms. The van der Waals surface area contributed by atoms with Gasteiger partial charge < -0.3 is 44.4 Å². The van der Waals surface area contributed by atoms with Crippen molar-refractivity contribution in [2.75, 3.05) is 59.2 Å². The van der Waals surface area contributed by atoms with Crippen molar-refractivity contribution in [3.63, 3.8) is 0 Å². The molecule has 4 amide bonds. The van der Waals surface area contributed by atoms with Gasteiger partial charge in [-0.2, -0.15) is 0 Å². The third-order valence-corrected chi connectivity index (χ3v) is 14.8. The highest BCUT2D eigenvalue weighted by atomic mass is 16.5. The molecular weight excluding hydrogens is 937 g/mol. The molecule has 15 heteroatoms. The van der Waals surface area contributed by atoms with Gasteiger partial charge in [-0.1, -0.05) is 50.2 Å². The Morgan fingerprint density at radius 3 is 1.80 bits per heavy atom. The number of carbonyl (C=O) groups is 6. The Balaban J connectivity index is 0.937. The number of unbranched alkanes of at least 4 members (excludes halogenated alkanes) is 1. The Kier molecular flexibility index (Phi) is 15.1. The second-order valence-corrected chi connectivity index (χ2v) is 20.3. The molecule has 0 saturated heterocycles. The largest absolute Gasteiger partial charge is 0.493 e. The summed E-state index contributed by atoms with van der Waals surface area (Å²) in [7, 11) is 5.52. The SMILES string of the molecule is CCC(=O)CCCCC(=O)N[C@H](C)C(=O)C[C@@H](C)C(=O)Nc1cc(COc2cc3c(cc2C)C(=O)N2c4ccccc4C[C@H]2CN3C)cc(COc2cc3c(cc2OC)C(=O)N2c4ccccc4C[C@H]2CN3C)c1. The Labute approximate surface area is 433 Å². The first-order chi connectivity index (χ1) is 35.6. The van der Waals surface area contributed by atoms with Gasteiger partial charge in [0.2, 0.25) is 11.8 Å². The van der Waals surface area contributed by atoms with Gasteiger partial charge in [-0.3, -0.25) is 28.8 Å². The summed E-state index contributed by atoms with van der Waals surface area (Å²) in [6, 6.07) is 28.3. The number of methoxy groups -OCH3 is 1. The maximum atomic E-state index is 14.3. The van der Waals surface area contributed by atoms with Crippen LogP contribution in [0.1, 0.15) is 108 Å². The number of amides is 4. The lowest BCUT2D eigenvalue weighted by Crippen LogP contribution is -2.41. The first-order valence-corrected chi connectivity index (χ1v) is 25.8. The number of ketones is 2. The molecule has 0 unspecified atom stereocenters. The number of hydrogen-bond donors (Lipinski definition) is 2. The molecule has 2 N–H and O–H groups in total. The summed E-state index contributed by atoms with van der Waals surface area (Å²) in [6.45, 7) is 8.45. The maximum Gasteiger partial charge on any atom is 0.260 e. The third kappa shape index (κ3) is 10.7. The van der Waals surface area contributed by atoms with Crippen molar-refractivity contribution in [1.82, 2.24) is 5.32 Å². The van der Waals surface area contributed by atoms with Gasteiger partial charge in [0.15, 0.2) is 17.3 Å². The maximum absolute atomic E-state index is 14.3. The first kappa shape index (κ1) is 51.2. The number of fused-ring (bicyclic) bond motifs is 8. The number of carbonyl (C=O) groups excluding carboxylic acids is 6. The molecule has 4 atom stereocenters. The molecule has 0 aliphatic carbocycles. The van der Waals surface area contributed by atoms with E-state index < -0.39 is 12.0 Å². The molecule has 9 rings (SSSR count). The molecule has 0 radical (unpaired) electrons. The highest BCUT2D eigenvalue weighted by Crippen LogP contribution is 2.43. The molecule has 4 heterocycles. The van der Waals surface area contributed by atoms with Crippen molar-refractivity contribution >= 4 is 63.6 Å².